The van der Waals surface area contributed by atoms with Gasteiger partial charge in [-0.25, -0.2) is 0 Å². The van der Waals surface area contributed by atoms with Crippen molar-refractivity contribution in [3.63, 3.8) is 0 Å². The van der Waals surface area contributed by atoms with Crippen molar-refractivity contribution in [1.29, 1.82) is 0 Å². The Morgan fingerprint density at radius 2 is 2.06 bits per heavy atom. The third kappa shape index (κ3) is 2.03. The van der Waals surface area contributed by atoms with Crippen LogP contribution >= 0.6 is 11.6 Å². The number of ether oxygens (including phenoxy) is 1. The highest BCUT2D eigenvalue weighted by Gasteiger charge is 2.55. The molecule has 0 N–H and O–H groups in total. The summed E-state index contributed by atoms with van der Waals surface area (Å²) in [4.78, 5) is 0. The normalized spacial score (nSPS) is 30.8. The topological polar surface area (TPSA) is 27.1 Å². The molecule has 4 heteroatoms. The molecule has 0 radical (unpaired) electrons. The van der Waals surface area contributed by atoms with Gasteiger partial charge < -0.3 is 4.74 Å². The van der Waals surface area contributed by atoms with E-state index in [9.17, 15) is 0 Å². The van der Waals surface area contributed by atoms with Crippen LogP contribution in [0.2, 0.25) is 0 Å². The summed E-state index contributed by atoms with van der Waals surface area (Å²) in [6.07, 6.45) is 12.8. The molecule has 1 aromatic rings. The van der Waals surface area contributed by atoms with E-state index in [-0.39, 0.29) is 5.41 Å². The van der Waals surface area contributed by atoms with Gasteiger partial charge in [0, 0.05) is 24.3 Å². The van der Waals surface area contributed by atoms with Gasteiger partial charge in [0.2, 0.25) is 0 Å². The maximum Gasteiger partial charge on any atom is 0.157 e. The molecule has 3 rings (SSSR count). The van der Waals surface area contributed by atoms with Gasteiger partial charge in [-0.15, -0.1) is 11.6 Å². The van der Waals surface area contributed by atoms with Crippen LogP contribution in [0.4, 0.5) is 0 Å². The lowest BCUT2D eigenvalue weighted by Crippen LogP contribution is -2.57. The van der Waals surface area contributed by atoms with Crippen molar-refractivity contribution in [3.05, 3.63) is 12.4 Å². The molecular weight excluding hydrogens is 248 g/mol. The maximum atomic E-state index is 6.52. The molecule has 3 nitrogen and oxygen atoms in total. The van der Waals surface area contributed by atoms with E-state index >= 15 is 0 Å². The van der Waals surface area contributed by atoms with E-state index in [1.165, 1.54) is 38.5 Å². The van der Waals surface area contributed by atoms with Crippen LogP contribution in [0.5, 0.6) is 5.75 Å². The van der Waals surface area contributed by atoms with Gasteiger partial charge in [0.1, 0.15) is 6.10 Å². The van der Waals surface area contributed by atoms with Crippen molar-refractivity contribution < 1.29 is 4.74 Å². The van der Waals surface area contributed by atoms with Crippen LogP contribution in [0.15, 0.2) is 12.4 Å². The van der Waals surface area contributed by atoms with Crippen molar-refractivity contribution in [3.8, 4) is 5.75 Å². The first-order chi connectivity index (χ1) is 8.71. The molecule has 2 aliphatic rings. The maximum absolute atomic E-state index is 6.52. The van der Waals surface area contributed by atoms with Crippen LogP contribution in [-0.4, -0.2) is 21.3 Å². The average molecular weight is 269 g/mol. The lowest BCUT2D eigenvalue weighted by atomic mass is 9.61. The van der Waals surface area contributed by atoms with Crippen LogP contribution in [0.3, 0.4) is 0 Å². The molecule has 0 bridgehead atoms. The Bertz CT molecular complexity index is 410. The van der Waals surface area contributed by atoms with Crippen LogP contribution in [0, 0.1) is 5.41 Å². The largest absolute Gasteiger partial charge is 0.486 e. The van der Waals surface area contributed by atoms with E-state index in [1.54, 1.807) is 10.9 Å². The molecule has 0 aromatic carbocycles. The van der Waals surface area contributed by atoms with Crippen molar-refractivity contribution in [2.45, 2.75) is 56.4 Å². The number of aryl methyl sites for hydroxylation is 1. The molecule has 1 aromatic heterocycles. The monoisotopic (exact) mass is 268 g/mol. The fourth-order valence-electron chi connectivity index (χ4n) is 3.51. The molecule has 2 atom stereocenters. The van der Waals surface area contributed by atoms with E-state index < -0.39 is 0 Å². The van der Waals surface area contributed by atoms with Gasteiger partial charge in [0.25, 0.3) is 0 Å². The molecule has 0 amide bonds. The Hall–Kier alpha value is -0.700. The van der Waals surface area contributed by atoms with Gasteiger partial charge in [-0.2, -0.15) is 5.10 Å². The third-order valence-electron chi connectivity index (χ3n) is 4.68. The first kappa shape index (κ1) is 12.3. The Labute approximate surface area is 113 Å². The second-order valence-corrected chi connectivity index (χ2v) is 6.33. The summed E-state index contributed by atoms with van der Waals surface area (Å²) >= 11 is 6.52. The quantitative estimate of drug-likeness (QED) is 0.768. The molecule has 2 saturated carbocycles. The molecule has 100 valence electrons. The minimum absolute atomic E-state index is 0.230. The van der Waals surface area contributed by atoms with E-state index in [0.717, 1.165) is 12.2 Å². The van der Waals surface area contributed by atoms with Crippen LogP contribution in [0.25, 0.3) is 0 Å². The zero-order valence-electron chi connectivity index (χ0n) is 10.9. The predicted molar refractivity (Wildman–Crippen MR) is 72.0 cm³/mol. The third-order valence-corrected chi connectivity index (χ3v) is 5.29. The summed E-state index contributed by atoms with van der Waals surface area (Å²) < 4.78 is 7.91. The van der Waals surface area contributed by atoms with E-state index in [0.29, 0.717) is 11.5 Å². The zero-order valence-corrected chi connectivity index (χ0v) is 11.7. The molecule has 18 heavy (non-hydrogen) atoms. The molecular formula is C14H21ClN2O. The predicted octanol–water partition coefficient (Wildman–Crippen LogP) is 3.52. The zero-order chi connectivity index (χ0) is 12.6. The number of alkyl halides is 1. The van der Waals surface area contributed by atoms with Gasteiger partial charge in [0.05, 0.1) is 12.4 Å². The summed E-state index contributed by atoms with van der Waals surface area (Å²) in [5, 5.41) is 4.46. The van der Waals surface area contributed by atoms with Crippen LogP contribution in [-0.2, 0) is 7.05 Å². The number of hydrogen-bond acceptors (Lipinski definition) is 2. The molecule has 2 unspecified atom stereocenters. The van der Waals surface area contributed by atoms with Crippen LogP contribution < -0.4 is 4.74 Å². The summed E-state index contributed by atoms with van der Waals surface area (Å²) in [7, 11) is 1.92. The van der Waals surface area contributed by atoms with Crippen LogP contribution in [0.1, 0.15) is 44.9 Å². The number of rotatable bonds is 2. The first-order valence-corrected chi connectivity index (χ1v) is 7.44. The highest BCUT2D eigenvalue weighted by atomic mass is 35.5. The van der Waals surface area contributed by atoms with Gasteiger partial charge >= 0.3 is 0 Å². The lowest BCUT2D eigenvalue weighted by Gasteiger charge is -2.52. The lowest BCUT2D eigenvalue weighted by molar-refractivity contribution is -0.0512. The molecule has 0 aliphatic heterocycles. The fourth-order valence-corrected chi connectivity index (χ4v) is 4.03. The van der Waals surface area contributed by atoms with E-state index in [1.807, 2.05) is 13.2 Å². The number of nitrogens with zero attached hydrogens (tertiary/aromatic N) is 2. The van der Waals surface area contributed by atoms with Gasteiger partial charge in [-0.1, -0.05) is 25.7 Å². The molecule has 2 fully saturated rings. The minimum Gasteiger partial charge on any atom is -0.486 e. The molecule has 1 heterocycles. The van der Waals surface area contributed by atoms with Gasteiger partial charge in [-0.3, -0.25) is 4.68 Å². The summed E-state index contributed by atoms with van der Waals surface area (Å²) in [5.41, 5.74) is 0.230. The SMILES string of the molecule is Cn1cc(OC2CC(Cl)C23CCCCCC3)cn1. The fraction of sp³-hybridized carbons (Fsp3) is 0.786. The summed E-state index contributed by atoms with van der Waals surface area (Å²) in [6, 6.07) is 0. The highest BCUT2D eigenvalue weighted by molar-refractivity contribution is 6.21. The summed E-state index contributed by atoms with van der Waals surface area (Å²) in [6.45, 7) is 0. The number of hydrogen-bond donors (Lipinski definition) is 0. The Morgan fingerprint density at radius 1 is 1.33 bits per heavy atom. The Morgan fingerprint density at radius 3 is 2.61 bits per heavy atom. The van der Waals surface area contributed by atoms with Crippen molar-refractivity contribution in [2.24, 2.45) is 12.5 Å². The van der Waals surface area contributed by atoms with Gasteiger partial charge in [0.15, 0.2) is 5.75 Å². The van der Waals surface area contributed by atoms with E-state index in [4.69, 9.17) is 16.3 Å². The first-order valence-electron chi connectivity index (χ1n) is 7.00. The minimum atomic E-state index is 0.230. The number of halogens is 1. The smallest absolute Gasteiger partial charge is 0.157 e. The average Bonchev–Trinajstić information content (AvgIpc) is 2.64. The highest BCUT2D eigenvalue weighted by Crippen LogP contribution is 2.54. The second kappa shape index (κ2) is 4.76. The van der Waals surface area contributed by atoms with E-state index in [2.05, 4.69) is 5.10 Å². The standard InChI is InChI=1S/C14H21ClN2O/c1-17-10-11(9-16-17)18-13-8-12(15)14(13)6-4-2-3-5-7-14/h9-10,12-13H,2-8H2,1H3. The van der Waals surface area contributed by atoms with Crippen molar-refractivity contribution in [1.82, 2.24) is 9.78 Å². The van der Waals surface area contributed by atoms with Crippen molar-refractivity contribution >= 4 is 11.6 Å². The summed E-state index contributed by atoms with van der Waals surface area (Å²) in [5.74, 6) is 0.884. The molecule has 1 spiro atoms. The Balaban J connectivity index is 1.72. The Kier molecular flexibility index (Phi) is 3.27. The molecule has 2 aliphatic carbocycles. The second-order valence-electron chi connectivity index (χ2n) is 5.81. The van der Waals surface area contributed by atoms with Gasteiger partial charge in [-0.05, 0) is 12.8 Å². The number of aromatic nitrogens is 2. The van der Waals surface area contributed by atoms with Crippen molar-refractivity contribution in [2.75, 3.05) is 0 Å². The molecule has 0 saturated heterocycles.